The zero-order valence-corrected chi connectivity index (χ0v) is 7.81. The maximum atomic E-state index is 13.2. The van der Waals surface area contributed by atoms with E-state index in [0.29, 0.717) is 12.1 Å². The van der Waals surface area contributed by atoms with Crippen molar-refractivity contribution in [2.24, 2.45) is 5.73 Å². The molecule has 70 valence electrons. The average molecular weight is 179 g/mol. The van der Waals surface area contributed by atoms with Crippen molar-refractivity contribution in [1.82, 2.24) is 0 Å². The van der Waals surface area contributed by atoms with E-state index in [1.807, 2.05) is 12.1 Å². The molecule has 0 aliphatic heterocycles. The summed E-state index contributed by atoms with van der Waals surface area (Å²) in [7, 11) is 0. The van der Waals surface area contributed by atoms with Crippen molar-refractivity contribution in [1.29, 1.82) is 0 Å². The standard InChI is InChI=1S/C11H14FN/c1-8-2-3-9(6-10(8)12)11(7-13)4-5-11/h2-3,6H,4-5,7,13H2,1H3. The van der Waals surface area contributed by atoms with E-state index in [9.17, 15) is 4.39 Å². The molecule has 2 N–H and O–H groups in total. The fraction of sp³-hybridized carbons (Fsp3) is 0.455. The van der Waals surface area contributed by atoms with Crippen molar-refractivity contribution >= 4 is 0 Å². The third-order valence-corrected chi connectivity index (χ3v) is 3.03. The van der Waals surface area contributed by atoms with Gasteiger partial charge in [0.2, 0.25) is 0 Å². The van der Waals surface area contributed by atoms with Gasteiger partial charge in [0.15, 0.2) is 0 Å². The van der Waals surface area contributed by atoms with E-state index in [2.05, 4.69) is 0 Å². The van der Waals surface area contributed by atoms with Gasteiger partial charge in [-0.05, 0) is 37.0 Å². The molecule has 1 nitrogen and oxygen atoms in total. The minimum absolute atomic E-state index is 0.106. The zero-order chi connectivity index (χ0) is 9.47. The number of halogens is 1. The van der Waals surface area contributed by atoms with Crippen LogP contribution in [0.25, 0.3) is 0 Å². The number of hydrogen-bond acceptors (Lipinski definition) is 1. The predicted molar refractivity (Wildman–Crippen MR) is 51.1 cm³/mol. The Labute approximate surface area is 77.8 Å². The highest BCUT2D eigenvalue weighted by Crippen LogP contribution is 2.47. The molecule has 0 radical (unpaired) electrons. The molecule has 1 aromatic carbocycles. The summed E-state index contributed by atoms with van der Waals surface area (Å²) >= 11 is 0. The van der Waals surface area contributed by atoms with Crippen molar-refractivity contribution in [3.8, 4) is 0 Å². The van der Waals surface area contributed by atoms with Gasteiger partial charge in [0.25, 0.3) is 0 Å². The third-order valence-electron chi connectivity index (χ3n) is 3.03. The summed E-state index contributed by atoms with van der Waals surface area (Å²) in [5.74, 6) is -0.114. The van der Waals surface area contributed by atoms with Gasteiger partial charge >= 0.3 is 0 Å². The maximum Gasteiger partial charge on any atom is 0.126 e. The minimum atomic E-state index is -0.114. The number of rotatable bonds is 2. The lowest BCUT2D eigenvalue weighted by atomic mass is 9.95. The molecule has 0 heterocycles. The van der Waals surface area contributed by atoms with Crippen LogP contribution < -0.4 is 5.73 Å². The first kappa shape index (κ1) is 8.70. The number of hydrogen-bond donors (Lipinski definition) is 1. The van der Waals surface area contributed by atoms with Crippen LogP contribution in [0.4, 0.5) is 4.39 Å². The molecule has 13 heavy (non-hydrogen) atoms. The van der Waals surface area contributed by atoms with E-state index >= 15 is 0 Å². The van der Waals surface area contributed by atoms with Crippen LogP contribution in [-0.2, 0) is 5.41 Å². The average Bonchev–Trinajstić information content (AvgIpc) is 2.90. The van der Waals surface area contributed by atoms with Crippen LogP contribution >= 0.6 is 0 Å². The normalized spacial score (nSPS) is 18.7. The Bertz CT molecular complexity index is 329. The number of benzene rings is 1. The molecule has 1 fully saturated rings. The summed E-state index contributed by atoms with van der Waals surface area (Å²) in [6, 6.07) is 5.47. The molecule has 0 unspecified atom stereocenters. The van der Waals surface area contributed by atoms with E-state index in [0.717, 1.165) is 18.4 Å². The van der Waals surface area contributed by atoms with E-state index in [1.165, 1.54) is 0 Å². The van der Waals surface area contributed by atoms with Gasteiger partial charge in [0.05, 0.1) is 0 Å². The van der Waals surface area contributed by atoms with Crippen LogP contribution in [0.15, 0.2) is 18.2 Å². The lowest BCUT2D eigenvalue weighted by molar-refractivity contribution is 0.607. The SMILES string of the molecule is Cc1ccc(C2(CN)CC2)cc1F. The van der Waals surface area contributed by atoms with E-state index in [4.69, 9.17) is 5.73 Å². The van der Waals surface area contributed by atoms with Crippen molar-refractivity contribution in [3.63, 3.8) is 0 Å². The first-order valence-corrected chi connectivity index (χ1v) is 4.65. The summed E-state index contributed by atoms with van der Waals surface area (Å²) in [6.07, 6.45) is 2.21. The number of aryl methyl sites for hydroxylation is 1. The van der Waals surface area contributed by atoms with Crippen LogP contribution in [0.5, 0.6) is 0 Å². The van der Waals surface area contributed by atoms with Crippen LogP contribution in [-0.4, -0.2) is 6.54 Å². The highest BCUT2D eigenvalue weighted by Gasteiger charge is 2.42. The van der Waals surface area contributed by atoms with Gasteiger partial charge in [0.1, 0.15) is 5.82 Å². The van der Waals surface area contributed by atoms with Gasteiger partial charge in [-0.1, -0.05) is 12.1 Å². The molecule has 2 rings (SSSR count). The second kappa shape index (κ2) is 2.81. The monoisotopic (exact) mass is 179 g/mol. The lowest BCUT2D eigenvalue weighted by Crippen LogP contribution is -2.19. The molecule has 1 saturated carbocycles. The molecule has 0 amide bonds. The van der Waals surface area contributed by atoms with E-state index in [1.54, 1.807) is 13.0 Å². The van der Waals surface area contributed by atoms with Gasteiger partial charge < -0.3 is 5.73 Å². The molecule has 1 aromatic rings. The Morgan fingerprint density at radius 1 is 1.46 bits per heavy atom. The Morgan fingerprint density at radius 3 is 2.62 bits per heavy atom. The summed E-state index contributed by atoms with van der Waals surface area (Å²) in [4.78, 5) is 0. The second-order valence-corrected chi connectivity index (χ2v) is 3.95. The van der Waals surface area contributed by atoms with Crippen LogP contribution in [0.3, 0.4) is 0 Å². The second-order valence-electron chi connectivity index (χ2n) is 3.95. The topological polar surface area (TPSA) is 26.0 Å². The molecule has 1 aliphatic carbocycles. The van der Waals surface area contributed by atoms with Gasteiger partial charge in [-0.2, -0.15) is 0 Å². The Hall–Kier alpha value is -0.890. The molecular weight excluding hydrogens is 165 g/mol. The first-order valence-electron chi connectivity index (χ1n) is 4.65. The number of nitrogens with two attached hydrogens (primary N) is 1. The van der Waals surface area contributed by atoms with Crippen LogP contribution in [0.1, 0.15) is 24.0 Å². The molecular formula is C11H14FN. The molecule has 0 atom stereocenters. The summed E-state index contributed by atoms with van der Waals surface area (Å²) in [6.45, 7) is 2.41. The Morgan fingerprint density at radius 2 is 2.15 bits per heavy atom. The molecule has 1 aliphatic rings. The van der Waals surface area contributed by atoms with Crippen molar-refractivity contribution in [2.75, 3.05) is 6.54 Å². The van der Waals surface area contributed by atoms with Gasteiger partial charge in [-0.3, -0.25) is 0 Å². The van der Waals surface area contributed by atoms with Crippen molar-refractivity contribution in [3.05, 3.63) is 35.1 Å². The molecule has 2 heteroatoms. The quantitative estimate of drug-likeness (QED) is 0.739. The van der Waals surface area contributed by atoms with Gasteiger partial charge in [-0.25, -0.2) is 4.39 Å². The predicted octanol–water partition coefficient (Wildman–Crippen LogP) is 2.12. The van der Waals surface area contributed by atoms with Crippen molar-refractivity contribution in [2.45, 2.75) is 25.2 Å². The third kappa shape index (κ3) is 1.35. The summed E-state index contributed by atoms with van der Waals surface area (Å²) in [5, 5.41) is 0. The van der Waals surface area contributed by atoms with E-state index < -0.39 is 0 Å². The smallest absolute Gasteiger partial charge is 0.126 e. The molecule has 0 saturated heterocycles. The fourth-order valence-electron chi connectivity index (χ4n) is 1.68. The maximum absolute atomic E-state index is 13.2. The molecule has 0 aromatic heterocycles. The largest absolute Gasteiger partial charge is 0.330 e. The summed E-state index contributed by atoms with van der Waals surface area (Å²) in [5.41, 5.74) is 7.55. The van der Waals surface area contributed by atoms with Gasteiger partial charge in [0, 0.05) is 12.0 Å². The Balaban J connectivity index is 2.37. The Kier molecular flexibility index (Phi) is 1.88. The van der Waals surface area contributed by atoms with E-state index in [-0.39, 0.29) is 11.2 Å². The highest BCUT2D eigenvalue weighted by atomic mass is 19.1. The fourth-order valence-corrected chi connectivity index (χ4v) is 1.68. The van der Waals surface area contributed by atoms with Crippen molar-refractivity contribution < 1.29 is 4.39 Å². The van der Waals surface area contributed by atoms with Crippen LogP contribution in [0, 0.1) is 12.7 Å². The van der Waals surface area contributed by atoms with Crippen LogP contribution in [0.2, 0.25) is 0 Å². The lowest BCUT2D eigenvalue weighted by Gasteiger charge is -2.13. The highest BCUT2D eigenvalue weighted by molar-refractivity contribution is 5.34. The molecule has 0 bridgehead atoms. The van der Waals surface area contributed by atoms with Gasteiger partial charge in [-0.15, -0.1) is 0 Å². The molecule has 0 spiro atoms. The zero-order valence-electron chi connectivity index (χ0n) is 7.81. The minimum Gasteiger partial charge on any atom is -0.330 e. The summed E-state index contributed by atoms with van der Waals surface area (Å²) < 4.78 is 13.2. The first-order chi connectivity index (χ1) is 6.18.